The standard InChI is InChI=1S/C18H18N2O3/c1-12(21)20-17(15-5-3-4-6-18(15)22)11-16(19-20)13-7-9-14(23-2)10-8-13/h3-10,17,22H,11H2,1-2H3. The largest absolute Gasteiger partial charge is 0.508 e. The fraction of sp³-hybridized carbons (Fsp3) is 0.222. The van der Waals surface area contributed by atoms with Crippen molar-refractivity contribution in [3.8, 4) is 11.5 Å². The first kappa shape index (κ1) is 15.1. The Hall–Kier alpha value is -2.82. The summed E-state index contributed by atoms with van der Waals surface area (Å²) in [4.78, 5) is 11.9. The molecule has 1 atom stereocenters. The average molecular weight is 310 g/mol. The van der Waals surface area contributed by atoms with Crippen molar-refractivity contribution < 1.29 is 14.6 Å². The Balaban J connectivity index is 1.93. The van der Waals surface area contributed by atoms with Gasteiger partial charge in [0.25, 0.3) is 0 Å². The number of ether oxygens (including phenoxy) is 1. The maximum absolute atomic E-state index is 11.9. The first-order valence-electron chi connectivity index (χ1n) is 7.39. The number of benzene rings is 2. The number of rotatable bonds is 3. The molecule has 2 aromatic carbocycles. The Bertz CT molecular complexity index is 753. The van der Waals surface area contributed by atoms with Crippen molar-refractivity contribution in [3.05, 3.63) is 59.7 Å². The van der Waals surface area contributed by atoms with Gasteiger partial charge in [-0.2, -0.15) is 5.10 Å². The monoisotopic (exact) mass is 310 g/mol. The van der Waals surface area contributed by atoms with E-state index in [1.165, 1.54) is 11.9 Å². The molecule has 3 rings (SSSR count). The van der Waals surface area contributed by atoms with Crippen LogP contribution in [-0.2, 0) is 4.79 Å². The molecule has 0 spiro atoms. The third-order valence-electron chi connectivity index (χ3n) is 3.95. The van der Waals surface area contributed by atoms with Crippen molar-refractivity contribution in [1.29, 1.82) is 0 Å². The van der Waals surface area contributed by atoms with E-state index >= 15 is 0 Å². The molecule has 0 saturated heterocycles. The van der Waals surface area contributed by atoms with E-state index in [0.29, 0.717) is 12.0 Å². The summed E-state index contributed by atoms with van der Waals surface area (Å²) >= 11 is 0. The van der Waals surface area contributed by atoms with Crippen molar-refractivity contribution in [2.75, 3.05) is 7.11 Å². The predicted molar refractivity (Wildman–Crippen MR) is 87.5 cm³/mol. The van der Waals surface area contributed by atoms with Crippen molar-refractivity contribution >= 4 is 11.6 Å². The lowest BCUT2D eigenvalue weighted by Crippen LogP contribution is -2.24. The number of aromatic hydroxyl groups is 1. The normalized spacial score (nSPS) is 17.0. The molecule has 23 heavy (non-hydrogen) atoms. The molecule has 1 aliphatic rings. The minimum Gasteiger partial charge on any atom is -0.508 e. The number of hydrogen-bond acceptors (Lipinski definition) is 4. The van der Waals surface area contributed by atoms with Crippen molar-refractivity contribution in [2.45, 2.75) is 19.4 Å². The van der Waals surface area contributed by atoms with Crippen molar-refractivity contribution in [3.63, 3.8) is 0 Å². The van der Waals surface area contributed by atoms with Gasteiger partial charge in [0.2, 0.25) is 5.91 Å². The van der Waals surface area contributed by atoms with E-state index in [2.05, 4.69) is 5.10 Å². The van der Waals surface area contributed by atoms with Gasteiger partial charge in [-0.05, 0) is 35.9 Å². The highest BCUT2D eigenvalue weighted by Crippen LogP contribution is 2.36. The molecule has 1 aliphatic heterocycles. The molecule has 0 fully saturated rings. The molecule has 2 aromatic rings. The Morgan fingerprint density at radius 2 is 1.91 bits per heavy atom. The zero-order chi connectivity index (χ0) is 16.4. The van der Waals surface area contributed by atoms with Crippen LogP contribution in [-0.4, -0.2) is 28.8 Å². The summed E-state index contributed by atoms with van der Waals surface area (Å²) in [5.74, 6) is 0.796. The second-order valence-electron chi connectivity index (χ2n) is 5.42. The number of phenols is 1. The second kappa shape index (κ2) is 6.12. The predicted octanol–water partition coefficient (Wildman–Crippen LogP) is 3.10. The molecule has 1 unspecified atom stereocenters. The number of nitrogens with zero attached hydrogens (tertiary/aromatic N) is 2. The van der Waals surface area contributed by atoms with Gasteiger partial charge in [0.1, 0.15) is 11.5 Å². The van der Waals surface area contributed by atoms with Gasteiger partial charge in [-0.15, -0.1) is 0 Å². The number of carbonyl (C=O) groups is 1. The Labute approximate surface area is 134 Å². The van der Waals surface area contributed by atoms with Crippen LogP contribution in [0.2, 0.25) is 0 Å². The number of amides is 1. The van der Waals surface area contributed by atoms with Gasteiger partial charge in [-0.3, -0.25) is 4.79 Å². The second-order valence-corrected chi connectivity index (χ2v) is 5.42. The van der Waals surface area contributed by atoms with E-state index in [9.17, 15) is 9.90 Å². The van der Waals surface area contributed by atoms with Crippen LogP contribution in [0.1, 0.15) is 30.5 Å². The SMILES string of the molecule is COc1ccc(C2=NN(C(C)=O)C(c3ccccc3O)C2)cc1. The minimum atomic E-state index is -0.286. The third kappa shape index (κ3) is 2.90. The number of hydrogen-bond donors (Lipinski definition) is 1. The lowest BCUT2D eigenvalue weighted by Gasteiger charge is -2.21. The number of phenolic OH excluding ortho intramolecular Hbond substituents is 1. The van der Waals surface area contributed by atoms with Crippen LogP contribution < -0.4 is 4.74 Å². The lowest BCUT2D eigenvalue weighted by atomic mass is 9.97. The van der Waals surface area contributed by atoms with E-state index in [1.807, 2.05) is 36.4 Å². The van der Waals surface area contributed by atoms with Crippen LogP contribution in [0, 0.1) is 0 Å². The van der Waals surface area contributed by atoms with Gasteiger partial charge in [0.15, 0.2) is 0 Å². The molecule has 5 nitrogen and oxygen atoms in total. The zero-order valence-electron chi connectivity index (χ0n) is 13.1. The summed E-state index contributed by atoms with van der Waals surface area (Å²) in [6.07, 6.45) is 0.559. The van der Waals surface area contributed by atoms with Gasteiger partial charge >= 0.3 is 0 Å². The van der Waals surface area contributed by atoms with Crippen LogP contribution in [0.25, 0.3) is 0 Å². The summed E-state index contributed by atoms with van der Waals surface area (Å²) in [6, 6.07) is 14.3. The first-order valence-corrected chi connectivity index (χ1v) is 7.39. The summed E-state index contributed by atoms with van der Waals surface area (Å²) < 4.78 is 5.16. The molecular weight excluding hydrogens is 292 g/mol. The maximum Gasteiger partial charge on any atom is 0.240 e. The molecule has 0 aromatic heterocycles. The van der Waals surface area contributed by atoms with E-state index in [0.717, 1.165) is 17.0 Å². The third-order valence-corrected chi connectivity index (χ3v) is 3.95. The summed E-state index contributed by atoms with van der Waals surface area (Å²) in [5.41, 5.74) is 2.46. The number of carbonyl (C=O) groups excluding carboxylic acids is 1. The van der Waals surface area contributed by atoms with Crippen LogP contribution in [0.4, 0.5) is 0 Å². The zero-order valence-corrected chi connectivity index (χ0v) is 13.1. The summed E-state index contributed by atoms with van der Waals surface area (Å²) in [7, 11) is 1.62. The van der Waals surface area contributed by atoms with Gasteiger partial charge in [0, 0.05) is 18.9 Å². The highest BCUT2D eigenvalue weighted by molar-refractivity contribution is 6.03. The van der Waals surface area contributed by atoms with E-state index < -0.39 is 0 Å². The van der Waals surface area contributed by atoms with Gasteiger partial charge in [-0.25, -0.2) is 5.01 Å². The van der Waals surface area contributed by atoms with E-state index in [-0.39, 0.29) is 17.7 Å². The molecule has 1 amide bonds. The van der Waals surface area contributed by atoms with Crippen LogP contribution in [0.15, 0.2) is 53.6 Å². The molecule has 1 heterocycles. The van der Waals surface area contributed by atoms with Crippen LogP contribution in [0.3, 0.4) is 0 Å². The molecule has 0 aliphatic carbocycles. The highest BCUT2D eigenvalue weighted by atomic mass is 16.5. The fourth-order valence-electron chi connectivity index (χ4n) is 2.77. The van der Waals surface area contributed by atoms with Crippen LogP contribution >= 0.6 is 0 Å². The summed E-state index contributed by atoms with van der Waals surface area (Å²) in [6.45, 7) is 1.48. The maximum atomic E-state index is 11.9. The number of methoxy groups -OCH3 is 1. The Morgan fingerprint density at radius 3 is 2.52 bits per heavy atom. The topological polar surface area (TPSA) is 62.1 Å². The number of hydrazone groups is 1. The van der Waals surface area contributed by atoms with Gasteiger partial charge < -0.3 is 9.84 Å². The Morgan fingerprint density at radius 1 is 1.22 bits per heavy atom. The van der Waals surface area contributed by atoms with E-state index in [1.54, 1.807) is 19.2 Å². The first-order chi connectivity index (χ1) is 11.1. The van der Waals surface area contributed by atoms with Crippen LogP contribution in [0.5, 0.6) is 11.5 Å². The molecule has 5 heteroatoms. The van der Waals surface area contributed by atoms with Gasteiger partial charge in [-0.1, -0.05) is 18.2 Å². The quantitative estimate of drug-likeness (QED) is 0.947. The van der Waals surface area contributed by atoms with Crippen molar-refractivity contribution in [1.82, 2.24) is 5.01 Å². The number of para-hydroxylation sites is 1. The smallest absolute Gasteiger partial charge is 0.240 e. The minimum absolute atomic E-state index is 0.151. The molecule has 0 saturated carbocycles. The molecular formula is C18H18N2O3. The lowest BCUT2D eigenvalue weighted by molar-refractivity contribution is -0.130. The Kier molecular flexibility index (Phi) is 4.02. The average Bonchev–Trinajstić information content (AvgIpc) is 3.01. The molecule has 0 radical (unpaired) electrons. The molecule has 118 valence electrons. The molecule has 1 N–H and O–H groups in total. The highest BCUT2D eigenvalue weighted by Gasteiger charge is 2.32. The summed E-state index contributed by atoms with van der Waals surface area (Å²) in [5, 5.41) is 16.0. The fourth-order valence-corrected chi connectivity index (χ4v) is 2.77. The van der Waals surface area contributed by atoms with E-state index in [4.69, 9.17) is 4.74 Å². The molecule has 0 bridgehead atoms. The van der Waals surface area contributed by atoms with Crippen molar-refractivity contribution in [2.24, 2.45) is 5.10 Å². The van der Waals surface area contributed by atoms with Gasteiger partial charge in [0.05, 0.1) is 18.9 Å².